The molecule has 0 atom stereocenters. The molecule has 1 amide bonds. The van der Waals surface area contributed by atoms with Crippen molar-refractivity contribution in [3.63, 3.8) is 0 Å². The van der Waals surface area contributed by atoms with E-state index in [4.69, 9.17) is 4.74 Å². The first-order chi connectivity index (χ1) is 10.9. The van der Waals surface area contributed by atoms with Gasteiger partial charge in [0.15, 0.2) is 12.4 Å². The van der Waals surface area contributed by atoms with Gasteiger partial charge in [-0.25, -0.2) is 9.18 Å². The van der Waals surface area contributed by atoms with Gasteiger partial charge in [-0.05, 0) is 13.0 Å². The molecule has 23 heavy (non-hydrogen) atoms. The van der Waals surface area contributed by atoms with E-state index in [9.17, 15) is 18.8 Å². The third-order valence-electron chi connectivity index (χ3n) is 3.60. The second-order valence-electron chi connectivity index (χ2n) is 4.93. The summed E-state index contributed by atoms with van der Waals surface area (Å²) in [5.41, 5.74) is -1.20. The minimum atomic E-state index is -0.789. The smallest absolute Gasteiger partial charge is 0.352 e. The molecule has 1 aliphatic heterocycles. The van der Waals surface area contributed by atoms with E-state index >= 15 is 0 Å². The standard InChI is InChI=1S/C14H13FN4O4/c1-3-18-10-5-9(8(15)4-11(10)23-7-13(18)21)19-14(22)17(2)12(20)6-16-19/h4-6H,3,7H2,1-2H3. The van der Waals surface area contributed by atoms with E-state index in [-0.39, 0.29) is 24.0 Å². The van der Waals surface area contributed by atoms with Gasteiger partial charge in [0.1, 0.15) is 17.6 Å². The summed E-state index contributed by atoms with van der Waals surface area (Å²) in [6.07, 6.45) is 0.916. The Morgan fingerprint density at radius 2 is 2.00 bits per heavy atom. The van der Waals surface area contributed by atoms with Crippen molar-refractivity contribution in [2.24, 2.45) is 7.05 Å². The first-order valence-corrected chi connectivity index (χ1v) is 6.86. The van der Waals surface area contributed by atoms with E-state index in [1.54, 1.807) is 6.92 Å². The zero-order valence-electron chi connectivity index (χ0n) is 12.4. The lowest BCUT2D eigenvalue weighted by molar-refractivity contribution is -0.121. The second kappa shape index (κ2) is 5.34. The Morgan fingerprint density at radius 3 is 2.70 bits per heavy atom. The molecule has 2 heterocycles. The van der Waals surface area contributed by atoms with E-state index in [2.05, 4.69) is 5.10 Å². The van der Waals surface area contributed by atoms with Crippen LogP contribution in [0.3, 0.4) is 0 Å². The lowest BCUT2D eigenvalue weighted by Gasteiger charge is -2.28. The summed E-state index contributed by atoms with van der Waals surface area (Å²) in [7, 11) is 1.27. The SMILES string of the molecule is CCN1C(=O)COc2cc(F)c(-n3ncc(=O)n(C)c3=O)cc21. The van der Waals surface area contributed by atoms with E-state index < -0.39 is 17.1 Å². The van der Waals surface area contributed by atoms with Crippen LogP contribution in [0.4, 0.5) is 10.1 Å². The number of aromatic nitrogens is 3. The van der Waals surface area contributed by atoms with Gasteiger partial charge in [0.25, 0.3) is 11.5 Å². The molecule has 1 aromatic carbocycles. The molecule has 8 nitrogen and oxygen atoms in total. The van der Waals surface area contributed by atoms with Crippen molar-refractivity contribution in [3.05, 3.63) is 45.0 Å². The molecule has 0 unspecified atom stereocenters. The van der Waals surface area contributed by atoms with E-state index in [1.165, 1.54) is 18.0 Å². The molecule has 0 fully saturated rings. The van der Waals surface area contributed by atoms with Gasteiger partial charge in [0.05, 0.1) is 5.69 Å². The third-order valence-corrected chi connectivity index (χ3v) is 3.60. The van der Waals surface area contributed by atoms with E-state index in [0.717, 1.165) is 21.5 Å². The largest absolute Gasteiger partial charge is 0.481 e. The number of nitrogens with zero attached hydrogens (tertiary/aromatic N) is 4. The molecule has 0 spiro atoms. The number of hydrogen-bond donors (Lipinski definition) is 0. The number of anilines is 1. The molecular formula is C14H13FN4O4. The highest BCUT2D eigenvalue weighted by atomic mass is 19.1. The van der Waals surface area contributed by atoms with Crippen molar-refractivity contribution in [2.45, 2.75) is 6.92 Å². The van der Waals surface area contributed by atoms with Gasteiger partial charge in [-0.1, -0.05) is 0 Å². The Bertz CT molecular complexity index is 918. The molecule has 1 aromatic heterocycles. The number of hydrogen-bond acceptors (Lipinski definition) is 5. The monoisotopic (exact) mass is 320 g/mol. The lowest BCUT2D eigenvalue weighted by Crippen LogP contribution is -2.40. The van der Waals surface area contributed by atoms with Crippen LogP contribution in [0.25, 0.3) is 5.69 Å². The highest BCUT2D eigenvalue weighted by Crippen LogP contribution is 2.35. The molecule has 0 N–H and O–H groups in total. The Labute approximate surface area is 129 Å². The zero-order chi connectivity index (χ0) is 16.7. The number of likely N-dealkylation sites (N-methyl/N-ethyl adjacent to an activating group) is 1. The highest BCUT2D eigenvalue weighted by Gasteiger charge is 2.27. The number of halogens is 1. The van der Waals surface area contributed by atoms with Crippen LogP contribution in [0.2, 0.25) is 0 Å². The first kappa shape index (κ1) is 14.9. The van der Waals surface area contributed by atoms with Crippen LogP contribution in [0.1, 0.15) is 6.92 Å². The van der Waals surface area contributed by atoms with Gasteiger partial charge in [-0.3, -0.25) is 14.2 Å². The summed E-state index contributed by atoms with van der Waals surface area (Å²) in [4.78, 5) is 36.8. The summed E-state index contributed by atoms with van der Waals surface area (Å²) in [5, 5.41) is 3.68. The summed E-state index contributed by atoms with van der Waals surface area (Å²) in [6.45, 7) is 1.97. The molecule has 2 aromatic rings. The molecule has 0 bridgehead atoms. The van der Waals surface area contributed by atoms with Crippen molar-refractivity contribution in [1.29, 1.82) is 0 Å². The summed E-state index contributed by atoms with van der Waals surface area (Å²) < 4.78 is 21.1. The predicted molar refractivity (Wildman–Crippen MR) is 78.6 cm³/mol. The molecule has 0 radical (unpaired) electrons. The minimum absolute atomic E-state index is 0.166. The minimum Gasteiger partial charge on any atom is -0.481 e. The third kappa shape index (κ3) is 2.30. The van der Waals surface area contributed by atoms with Crippen LogP contribution in [0.15, 0.2) is 27.9 Å². The fourth-order valence-corrected chi connectivity index (χ4v) is 2.36. The Morgan fingerprint density at radius 1 is 1.26 bits per heavy atom. The maximum atomic E-state index is 14.3. The Hall–Kier alpha value is -2.97. The predicted octanol–water partition coefficient (Wildman–Crippen LogP) is -0.184. The average Bonchev–Trinajstić information content (AvgIpc) is 2.53. The zero-order valence-corrected chi connectivity index (χ0v) is 12.4. The maximum Gasteiger partial charge on any atom is 0.352 e. The molecular weight excluding hydrogens is 307 g/mol. The lowest BCUT2D eigenvalue weighted by atomic mass is 10.2. The second-order valence-corrected chi connectivity index (χ2v) is 4.93. The van der Waals surface area contributed by atoms with Crippen LogP contribution in [0.5, 0.6) is 5.75 Å². The fraction of sp³-hybridized carbons (Fsp3) is 0.286. The molecule has 3 rings (SSSR count). The normalized spacial score (nSPS) is 13.7. The van der Waals surface area contributed by atoms with Crippen molar-refractivity contribution >= 4 is 11.6 Å². The van der Waals surface area contributed by atoms with Crippen LogP contribution < -0.4 is 20.9 Å². The first-order valence-electron chi connectivity index (χ1n) is 6.86. The van der Waals surface area contributed by atoms with Crippen molar-refractivity contribution in [1.82, 2.24) is 14.3 Å². The number of carbonyl (C=O) groups is 1. The molecule has 120 valence electrons. The van der Waals surface area contributed by atoms with Crippen LogP contribution >= 0.6 is 0 Å². The van der Waals surface area contributed by atoms with E-state index in [0.29, 0.717) is 12.2 Å². The van der Waals surface area contributed by atoms with E-state index in [1.807, 2.05) is 0 Å². The average molecular weight is 320 g/mol. The van der Waals surface area contributed by atoms with Crippen molar-refractivity contribution in [3.8, 4) is 11.4 Å². The Balaban J connectivity index is 2.25. The number of ether oxygens (including phenoxy) is 1. The summed E-state index contributed by atoms with van der Waals surface area (Å²) in [6, 6.07) is 2.41. The van der Waals surface area contributed by atoms with Crippen molar-refractivity contribution < 1.29 is 13.9 Å². The van der Waals surface area contributed by atoms with Gasteiger partial charge in [-0.15, -0.1) is 0 Å². The maximum absolute atomic E-state index is 14.3. The Kier molecular flexibility index (Phi) is 3.47. The topological polar surface area (TPSA) is 86.4 Å². The highest BCUT2D eigenvalue weighted by molar-refractivity contribution is 5.98. The van der Waals surface area contributed by atoms with Gasteiger partial charge in [0.2, 0.25) is 0 Å². The quantitative estimate of drug-likeness (QED) is 0.766. The fourth-order valence-electron chi connectivity index (χ4n) is 2.36. The van der Waals surface area contributed by atoms with Gasteiger partial charge < -0.3 is 9.64 Å². The molecule has 9 heteroatoms. The molecule has 0 saturated carbocycles. The number of rotatable bonds is 2. The van der Waals surface area contributed by atoms with Crippen LogP contribution in [-0.2, 0) is 11.8 Å². The number of benzene rings is 1. The van der Waals surface area contributed by atoms with Crippen molar-refractivity contribution in [2.75, 3.05) is 18.1 Å². The number of amides is 1. The molecule has 0 aliphatic carbocycles. The van der Waals surface area contributed by atoms with Crippen LogP contribution in [0, 0.1) is 5.82 Å². The molecule has 0 saturated heterocycles. The molecule has 1 aliphatic rings. The van der Waals surface area contributed by atoms with Gasteiger partial charge in [-0.2, -0.15) is 9.78 Å². The summed E-state index contributed by atoms with van der Waals surface area (Å²) in [5.74, 6) is -0.800. The van der Waals surface area contributed by atoms with Gasteiger partial charge in [0, 0.05) is 19.7 Å². The van der Waals surface area contributed by atoms with Crippen LogP contribution in [-0.4, -0.2) is 33.4 Å². The van der Waals surface area contributed by atoms with Gasteiger partial charge >= 0.3 is 5.69 Å². The number of fused-ring (bicyclic) bond motifs is 1. The number of carbonyl (C=O) groups excluding carboxylic acids is 1. The summed E-state index contributed by atoms with van der Waals surface area (Å²) >= 11 is 0.